The SMILES string of the molecule is COC(=O)C(CC(OC)C(C)(C)C)OC. The minimum atomic E-state index is -0.556. The zero-order valence-electron chi connectivity index (χ0n) is 10.5. The van der Waals surface area contributed by atoms with Gasteiger partial charge in [0, 0.05) is 20.6 Å². The molecule has 2 unspecified atom stereocenters. The summed E-state index contributed by atoms with van der Waals surface area (Å²) in [5, 5.41) is 0. The van der Waals surface area contributed by atoms with E-state index in [2.05, 4.69) is 25.5 Å². The average molecular weight is 218 g/mol. The smallest absolute Gasteiger partial charge is 0.335 e. The highest BCUT2D eigenvalue weighted by Gasteiger charge is 2.30. The van der Waals surface area contributed by atoms with E-state index in [0.717, 1.165) is 0 Å². The van der Waals surface area contributed by atoms with Gasteiger partial charge in [0.1, 0.15) is 0 Å². The van der Waals surface area contributed by atoms with E-state index in [0.29, 0.717) is 6.42 Å². The highest BCUT2D eigenvalue weighted by atomic mass is 16.6. The van der Waals surface area contributed by atoms with Crippen LogP contribution in [0.2, 0.25) is 0 Å². The van der Waals surface area contributed by atoms with Gasteiger partial charge in [0.2, 0.25) is 0 Å². The van der Waals surface area contributed by atoms with Gasteiger partial charge in [-0.3, -0.25) is 0 Å². The van der Waals surface area contributed by atoms with Gasteiger partial charge in [-0.2, -0.15) is 0 Å². The molecule has 15 heavy (non-hydrogen) atoms. The molecule has 0 rings (SSSR count). The van der Waals surface area contributed by atoms with Crippen LogP contribution in [0.5, 0.6) is 0 Å². The fourth-order valence-corrected chi connectivity index (χ4v) is 1.42. The Morgan fingerprint density at radius 1 is 1.13 bits per heavy atom. The Morgan fingerprint density at radius 3 is 1.93 bits per heavy atom. The predicted octanol–water partition coefficient (Wildman–Crippen LogP) is 1.63. The van der Waals surface area contributed by atoms with Gasteiger partial charge in [-0.25, -0.2) is 4.79 Å². The standard InChI is InChI=1S/C11H22O4/c1-11(2,3)9(14-5)7-8(13-4)10(12)15-6/h8-9H,7H2,1-6H3. The molecule has 0 heterocycles. The number of hydrogen-bond donors (Lipinski definition) is 0. The second-order valence-electron chi connectivity index (χ2n) is 4.57. The summed E-state index contributed by atoms with van der Waals surface area (Å²) in [6.45, 7) is 6.18. The number of methoxy groups -OCH3 is 3. The topological polar surface area (TPSA) is 44.8 Å². The van der Waals surface area contributed by atoms with Crippen molar-refractivity contribution in [3.63, 3.8) is 0 Å². The third-order valence-electron chi connectivity index (χ3n) is 2.43. The molecule has 0 aliphatic heterocycles. The number of ether oxygens (including phenoxy) is 3. The molecule has 0 saturated carbocycles. The van der Waals surface area contributed by atoms with E-state index in [-0.39, 0.29) is 17.5 Å². The molecule has 2 atom stereocenters. The summed E-state index contributed by atoms with van der Waals surface area (Å²) in [5.74, 6) is -0.358. The van der Waals surface area contributed by atoms with Crippen molar-refractivity contribution in [2.75, 3.05) is 21.3 Å². The maximum Gasteiger partial charge on any atom is 0.335 e. The highest BCUT2D eigenvalue weighted by molar-refractivity contribution is 5.74. The Labute approximate surface area is 91.9 Å². The molecule has 0 aliphatic rings. The van der Waals surface area contributed by atoms with Gasteiger partial charge in [-0.1, -0.05) is 20.8 Å². The Kier molecular flexibility index (Phi) is 5.83. The van der Waals surface area contributed by atoms with Gasteiger partial charge in [-0.05, 0) is 5.41 Å². The Bertz CT molecular complexity index is 195. The zero-order chi connectivity index (χ0) is 12.1. The van der Waals surface area contributed by atoms with E-state index < -0.39 is 6.10 Å². The van der Waals surface area contributed by atoms with E-state index in [4.69, 9.17) is 9.47 Å². The van der Waals surface area contributed by atoms with Crippen molar-refractivity contribution < 1.29 is 19.0 Å². The predicted molar refractivity (Wildman–Crippen MR) is 57.7 cm³/mol. The van der Waals surface area contributed by atoms with Crippen LogP contribution in [0.4, 0.5) is 0 Å². The summed E-state index contributed by atoms with van der Waals surface area (Å²) in [4.78, 5) is 11.3. The molecule has 90 valence electrons. The van der Waals surface area contributed by atoms with Gasteiger partial charge in [0.15, 0.2) is 6.10 Å². The molecular weight excluding hydrogens is 196 g/mol. The quantitative estimate of drug-likeness (QED) is 0.658. The second-order valence-corrected chi connectivity index (χ2v) is 4.57. The molecule has 0 bridgehead atoms. The first-order valence-electron chi connectivity index (χ1n) is 5.00. The fraction of sp³-hybridized carbons (Fsp3) is 0.909. The zero-order valence-corrected chi connectivity index (χ0v) is 10.5. The lowest BCUT2D eigenvalue weighted by Gasteiger charge is -2.31. The number of rotatable bonds is 5. The minimum absolute atomic E-state index is 0.0282. The van der Waals surface area contributed by atoms with E-state index >= 15 is 0 Å². The van der Waals surface area contributed by atoms with Crippen LogP contribution >= 0.6 is 0 Å². The molecule has 0 aromatic heterocycles. The molecule has 0 aromatic carbocycles. The average Bonchev–Trinajstić information content (AvgIpc) is 2.16. The molecule has 0 radical (unpaired) electrons. The lowest BCUT2D eigenvalue weighted by molar-refractivity contribution is -0.155. The lowest BCUT2D eigenvalue weighted by Crippen LogP contribution is -2.36. The summed E-state index contributed by atoms with van der Waals surface area (Å²) in [7, 11) is 4.49. The van der Waals surface area contributed by atoms with E-state index in [1.54, 1.807) is 7.11 Å². The molecule has 4 nitrogen and oxygen atoms in total. The number of carbonyl (C=O) groups excluding carboxylic acids is 1. The first-order valence-corrected chi connectivity index (χ1v) is 5.00. The fourth-order valence-electron chi connectivity index (χ4n) is 1.42. The molecule has 0 aliphatic carbocycles. The molecule has 0 amide bonds. The van der Waals surface area contributed by atoms with Crippen LogP contribution in [0.25, 0.3) is 0 Å². The van der Waals surface area contributed by atoms with E-state index in [1.165, 1.54) is 14.2 Å². The van der Waals surface area contributed by atoms with Crippen molar-refractivity contribution >= 4 is 5.97 Å². The Hall–Kier alpha value is -0.610. The van der Waals surface area contributed by atoms with Gasteiger partial charge >= 0.3 is 5.97 Å². The summed E-state index contributed by atoms with van der Waals surface area (Å²) < 4.78 is 15.1. The minimum Gasteiger partial charge on any atom is -0.467 e. The normalized spacial score (nSPS) is 15.9. The number of carbonyl (C=O) groups is 1. The first kappa shape index (κ1) is 14.4. The van der Waals surface area contributed by atoms with Gasteiger partial charge in [-0.15, -0.1) is 0 Å². The molecule has 4 heteroatoms. The summed E-state index contributed by atoms with van der Waals surface area (Å²) >= 11 is 0. The highest BCUT2D eigenvalue weighted by Crippen LogP contribution is 2.26. The van der Waals surface area contributed by atoms with Crippen molar-refractivity contribution in [2.24, 2.45) is 5.41 Å². The largest absolute Gasteiger partial charge is 0.467 e. The van der Waals surface area contributed by atoms with Crippen molar-refractivity contribution in [2.45, 2.75) is 39.4 Å². The van der Waals surface area contributed by atoms with Crippen LogP contribution in [-0.2, 0) is 19.0 Å². The van der Waals surface area contributed by atoms with Gasteiger partial charge < -0.3 is 14.2 Å². The van der Waals surface area contributed by atoms with Crippen molar-refractivity contribution in [3.8, 4) is 0 Å². The van der Waals surface area contributed by atoms with Crippen LogP contribution < -0.4 is 0 Å². The second kappa shape index (κ2) is 6.08. The van der Waals surface area contributed by atoms with Crippen LogP contribution in [0.1, 0.15) is 27.2 Å². The summed E-state index contributed by atoms with van der Waals surface area (Å²) in [6.07, 6.45) is -0.0934. The van der Waals surface area contributed by atoms with Crippen LogP contribution in [0.15, 0.2) is 0 Å². The van der Waals surface area contributed by atoms with Crippen molar-refractivity contribution in [1.29, 1.82) is 0 Å². The van der Waals surface area contributed by atoms with Crippen LogP contribution in [0, 0.1) is 5.41 Å². The molecule has 0 spiro atoms. The van der Waals surface area contributed by atoms with Gasteiger partial charge in [0.05, 0.1) is 13.2 Å². The monoisotopic (exact) mass is 218 g/mol. The van der Waals surface area contributed by atoms with Gasteiger partial charge in [0.25, 0.3) is 0 Å². The lowest BCUT2D eigenvalue weighted by atomic mass is 9.85. The molecule has 0 aromatic rings. The number of hydrogen-bond acceptors (Lipinski definition) is 4. The summed E-state index contributed by atoms with van der Waals surface area (Å²) in [6, 6.07) is 0. The van der Waals surface area contributed by atoms with Crippen molar-refractivity contribution in [3.05, 3.63) is 0 Å². The van der Waals surface area contributed by atoms with Crippen molar-refractivity contribution in [1.82, 2.24) is 0 Å². The summed E-state index contributed by atoms with van der Waals surface area (Å²) in [5.41, 5.74) is -0.0282. The molecule has 0 fully saturated rings. The van der Waals surface area contributed by atoms with Crippen LogP contribution in [0.3, 0.4) is 0 Å². The Balaban J connectivity index is 4.44. The maximum atomic E-state index is 11.3. The maximum absolute atomic E-state index is 11.3. The molecular formula is C11H22O4. The molecule has 0 saturated heterocycles. The molecule has 0 N–H and O–H groups in total. The third kappa shape index (κ3) is 4.62. The van der Waals surface area contributed by atoms with E-state index in [1.807, 2.05) is 0 Å². The Morgan fingerprint density at radius 2 is 1.67 bits per heavy atom. The van der Waals surface area contributed by atoms with E-state index in [9.17, 15) is 4.79 Å². The van der Waals surface area contributed by atoms with Crippen LogP contribution in [-0.4, -0.2) is 39.5 Å². The third-order valence-corrected chi connectivity index (χ3v) is 2.43. The number of esters is 1. The first-order chi connectivity index (χ1) is 6.86.